The minimum Gasteiger partial charge on any atom is -0.497 e. The van der Waals surface area contributed by atoms with Crippen molar-refractivity contribution in [1.82, 2.24) is 4.90 Å². The topological polar surface area (TPSA) is 62.9 Å². The number of hydrogen-bond acceptors (Lipinski definition) is 3. The van der Waals surface area contributed by atoms with Crippen molar-refractivity contribution in [3.05, 3.63) is 24.3 Å². The van der Waals surface area contributed by atoms with Gasteiger partial charge in [-0.3, -0.25) is 4.99 Å². The minimum atomic E-state index is 0. The van der Waals surface area contributed by atoms with Crippen LogP contribution < -0.4 is 15.8 Å². The van der Waals surface area contributed by atoms with E-state index < -0.39 is 0 Å². The van der Waals surface area contributed by atoms with Crippen molar-refractivity contribution in [2.45, 2.75) is 20.3 Å². The second kappa shape index (κ2) is 11.6. The lowest BCUT2D eigenvalue weighted by atomic mass is 10.3. The van der Waals surface area contributed by atoms with Crippen molar-refractivity contribution >= 4 is 35.6 Å². The summed E-state index contributed by atoms with van der Waals surface area (Å²) in [5, 5.41) is 3.07. The lowest BCUT2D eigenvalue weighted by Gasteiger charge is -2.16. The normalized spacial score (nSPS) is 11.1. The zero-order valence-corrected chi connectivity index (χ0v) is 15.5. The Bertz CT molecular complexity index is 405. The molecule has 0 bridgehead atoms. The second-order valence-electron chi connectivity index (χ2n) is 4.50. The van der Waals surface area contributed by atoms with E-state index in [4.69, 9.17) is 10.5 Å². The standard InChI is InChI=1S/C15H26N4O.HI/c1-4-19(5-2)12-6-11-17-15(16)18-13-7-9-14(20-3)10-8-13;/h7-10H,4-6,11-12H2,1-3H3,(H3,16,17,18);1H. The predicted molar refractivity (Wildman–Crippen MR) is 101 cm³/mol. The van der Waals surface area contributed by atoms with Crippen LogP contribution in [0.4, 0.5) is 5.69 Å². The maximum absolute atomic E-state index is 5.85. The number of ether oxygens (including phenoxy) is 1. The average molecular weight is 406 g/mol. The number of rotatable bonds is 8. The van der Waals surface area contributed by atoms with Crippen molar-refractivity contribution in [2.75, 3.05) is 38.6 Å². The third-order valence-electron chi connectivity index (χ3n) is 3.17. The van der Waals surface area contributed by atoms with E-state index in [9.17, 15) is 0 Å². The molecular weight excluding hydrogens is 379 g/mol. The van der Waals surface area contributed by atoms with Gasteiger partial charge in [0, 0.05) is 12.2 Å². The van der Waals surface area contributed by atoms with Crippen LogP contribution in [-0.2, 0) is 0 Å². The molecule has 1 aromatic carbocycles. The SMILES string of the molecule is CCN(CC)CCCN=C(N)Nc1ccc(OC)cc1.I. The Hall–Kier alpha value is -1.02. The number of nitrogens with two attached hydrogens (primary N) is 1. The summed E-state index contributed by atoms with van der Waals surface area (Å²) in [6.07, 6.45) is 1.02. The van der Waals surface area contributed by atoms with Crippen LogP contribution >= 0.6 is 24.0 Å². The molecule has 0 unspecified atom stereocenters. The number of aliphatic imine (C=N–C) groups is 1. The van der Waals surface area contributed by atoms with Crippen LogP contribution in [0.5, 0.6) is 5.75 Å². The van der Waals surface area contributed by atoms with Gasteiger partial charge in [-0.1, -0.05) is 13.8 Å². The molecule has 0 aliphatic rings. The molecule has 1 rings (SSSR count). The van der Waals surface area contributed by atoms with Gasteiger partial charge in [0.25, 0.3) is 0 Å². The molecule has 0 saturated heterocycles. The van der Waals surface area contributed by atoms with Gasteiger partial charge >= 0.3 is 0 Å². The highest BCUT2D eigenvalue weighted by molar-refractivity contribution is 14.0. The summed E-state index contributed by atoms with van der Waals surface area (Å²) in [7, 11) is 1.65. The summed E-state index contributed by atoms with van der Waals surface area (Å²) >= 11 is 0. The lowest BCUT2D eigenvalue weighted by molar-refractivity contribution is 0.302. The highest BCUT2D eigenvalue weighted by Crippen LogP contribution is 2.14. The van der Waals surface area contributed by atoms with E-state index in [0.29, 0.717) is 5.96 Å². The number of halogens is 1. The van der Waals surface area contributed by atoms with Crippen molar-refractivity contribution in [2.24, 2.45) is 10.7 Å². The first-order valence-corrected chi connectivity index (χ1v) is 7.13. The predicted octanol–water partition coefficient (Wildman–Crippen LogP) is 2.77. The third kappa shape index (κ3) is 8.11. The van der Waals surface area contributed by atoms with Crippen LogP contribution in [0, 0.1) is 0 Å². The van der Waals surface area contributed by atoms with E-state index in [1.165, 1.54) is 0 Å². The summed E-state index contributed by atoms with van der Waals surface area (Å²) in [6, 6.07) is 7.60. The molecule has 0 aliphatic heterocycles. The van der Waals surface area contributed by atoms with Gasteiger partial charge in [-0.25, -0.2) is 0 Å². The van der Waals surface area contributed by atoms with Gasteiger partial charge in [-0.05, 0) is 50.3 Å². The number of nitrogens with one attached hydrogen (secondary N) is 1. The third-order valence-corrected chi connectivity index (χ3v) is 3.17. The number of benzene rings is 1. The summed E-state index contributed by atoms with van der Waals surface area (Å²) < 4.78 is 5.10. The van der Waals surface area contributed by atoms with E-state index >= 15 is 0 Å². The fourth-order valence-electron chi connectivity index (χ4n) is 1.90. The van der Waals surface area contributed by atoms with Gasteiger partial charge in [0.2, 0.25) is 0 Å². The number of guanidine groups is 1. The van der Waals surface area contributed by atoms with Crippen LogP contribution in [0.1, 0.15) is 20.3 Å². The Kier molecular flexibility index (Phi) is 11.1. The van der Waals surface area contributed by atoms with Gasteiger partial charge in [0.1, 0.15) is 5.75 Å². The number of nitrogens with zero attached hydrogens (tertiary/aromatic N) is 2. The maximum Gasteiger partial charge on any atom is 0.193 e. The minimum absolute atomic E-state index is 0. The van der Waals surface area contributed by atoms with Crippen LogP contribution in [0.15, 0.2) is 29.3 Å². The summed E-state index contributed by atoms with van der Waals surface area (Å²) in [5.41, 5.74) is 6.76. The van der Waals surface area contributed by atoms with Gasteiger partial charge in [0.05, 0.1) is 7.11 Å². The molecule has 0 radical (unpaired) electrons. The maximum atomic E-state index is 5.85. The second-order valence-corrected chi connectivity index (χ2v) is 4.50. The molecule has 0 saturated carbocycles. The molecule has 0 aliphatic carbocycles. The molecule has 0 fully saturated rings. The number of methoxy groups -OCH3 is 1. The Morgan fingerprint density at radius 2 is 1.86 bits per heavy atom. The van der Waals surface area contributed by atoms with Crippen LogP contribution in [0.2, 0.25) is 0 Å². The quantitative estimate of drug-likeness (QED) is 0.302. The molecule has 5 nitrogen and oxygen atoms in total. The zero-order chi connectivity index (χ0) is 14.8. The molecule has 0 spiro atoms. The van der Waals surface area contributed by atoms with Crippen molar-refractivity contribution in [1.29, 1.82) is 0 Å². The first kappa shape index (κ1) is 20.0. The van der Waals surface area contributed by atoms with Crippen LogP contribution in [-0.4, -0.2) is 44.1 Å². The molecule has 1 aromatic rings. The van der Waals surface area contributed by atoms with Crippen molar-refractivity contribution < 1.29 is 4.74 Å². The van der Waals surface area contributed by atoms with Crippen LogP contribution in [0.25, 0.3) is 0 Å². The summed E-state index contributed by atoms with van der Waals surface area (Å²) in [5.74, 6) is 1.28. The molecule has 0 atom stereocenters. The average Bonchev–Trinajstić information content (AvgIpc) is 2.48. The first-order valence-electron chi connectivity index (χ1n) is 7.13. The molecule has 3 N–H and O–H groups in total. The summed E-state index contributed by atoms with van der Waals surface area (Å²) in [6.45, 7) is 8.32. The fraction of sp³-hybridized carbons (Fsp3) is 0.533. The Morgan fingerprint density at radius 3 is 2.38 bits per heavy atom. The van der Waals surface area contributed by atoms with E-state index in [-0.39, 0.29) is 24.0 Å². The molecular formula is C15H27IN4O. The van der Waals surface area contributed by atoms with Gasteiger partial charge < -0.3 is 20.7 Å². The molecule has 0 aromatic heterocycles. The molecule has 120 valence electrons. The molecule has 21 heavy (non-hydrogen) atoms. The number of anilines is 1. The van der Waals surface area contributed by atoms with Crippen LogP contribution in [0.3, 0.4) is 0 Å². The zero-order valence-electron chi connectivity index (χ0n) is 13.1. The molecule has 0 heterocycles. The number of hydrogen-bond donors (Lipinski definition) is 2. The van der Waals surface area contributed by atoms with Crippen molar-refractivity contribution in [3.8, 4) is 5.75 Å². The van der Waals surface area contributed by atoms with Gasteiger partial charge in [-0.2, -0.15) is 0 Å². The Labute approximate surface area is 145 Å². The van der Waals surface area contributed by atoms with Crippen molar-refractivity contribution in [3.63, 3.8) is 0 Å². The Balaban J connectivity index is 0.00000400. The van der Waals surface area contributed by atoms with E-state index in [2.05, 4.69) is 29.1 Å². The highest BCUT2D eigenvalue weighted by atomic mass is 127. The van der Waals surface area contributed by atoms with Gasteiger partial charge in [0.15, 0.2) is 5.96 Å². The van der Waals surface area contributed by atoms with Gasteiger partial charge in [-0.15, -0.1) is 24.0 Å². The lowest BCUT2D eigenvalue weighted by Crippen LogP contribution is -2.26. The highest BCUT2D eigenvalue weighted by Gasteiger charge is 1.98. The van der Waals surface area contributed by atoms with E-state index in [1.807, 2.05) is 24.3 Å². The smallest absolute Gasteiger partial charge is 0.193 e. The van der Waals surface area contributed by atoms with E-state index in [0.717, 1.165) is 44.0 Å². The summed E-state index contributed by atoms with van der Waals surface area (Å²) in [4.78, 5) is 6.71. The first-order chi connectivity index (χ1) is 9.69. The largest absolute Gasteiger partial charge is 0.497 e. The molecule has 0 amide bonds. The van der Waals surface area contributed by atoms with E-state index in [1.54, 1.807) is 7.11 Å². The molecule has 6 heteroatoms. The monoisotopic (exact) mass is 406 g/mol. The Morgan fingerprint density at radius 1 is 1.24 bits per heavy atom. The fourth-order valence-corrected chi connectivity index (χ4v) is 1.90.